The second kappa shape index (κ2) is 8.23. The summed E-state index contributed by atoms with van der Waals surface area (Å²) in [5, 5.41) is 13.3. The van der Waals surface area contributed by atoms with Crippen LogP contribution in [0.3, 0.4) is 0 Å². The molecule has 2 atom stereocenters. The van der Waals surface area contributed by atoms with Crippen LogP contribution in [0.2, 0.25) is 0 Å². The van der Waals surface area contributed by atoms with E-state index >= 15 is 0 Å². The lowest BCUT2D eigenvalue weighted by Crippen LogP contribution is -2.51. The summed E-state index contributed by atoms with van der Waals surface area (Å²) < 4.78 is 40.2. The quantitative estimate of drug-likeness (QED) is 0.554. The maximum atomic E-state index is 12.2. The molecule has 0 bridgehead atoms. The molecule has 1 saturated heterocycles. The van der Waals surface area contributed by atoms with Gasteiger partial charge in [-0.1, -0.05) is 0 Å². The van der Waals surface area contributed by atoms with Crippen molar-refractivity contribution in [2.24, 2.45) is 5.92 Å². The van der Waals surface area contributed by atoms with Crippen LogP contribution in [0.4, 0.5) is 18.9 Å². The summed E-state index contributed by atoms with van der Waals surface area (Å²) in [5.41, 5.74) is 0.331. The molecular formula is C17H19F3N4O5. The van der Waals surface area contributed by atoms with Crippen molar-refractivity contribution >= 4 is 17.5 Å². The number of benzene rings is 1. The number of amides is 2. The van der Waals surface area contributed by atoms with E-state index in [0.717, 1.165) is 12.1 Å². The van der Waals surface area contributed by atoms with Gasteiger partial charge < -0.3 is 15.0 Å². The molecule has 1 saturated carbocycles. The highest BCUT2D eigenvalue weighted by molar-refractivity contribution is 5.92. The highest BCUT2D eigenvalue weighted by Crippen LogP contribution is 2.35. The van der Waals surface area contributed by atoms with Crippen LogP contribution in [-0.4, -0.2) is 71.7 Å². The second-order valence-electron chi connectivity index (χ2n) is 6.92. The molecule has 2 amide bonds. The lowest BCUT2D eigenvalue weighted by molar-refractivity contribution is -0.497. The zero-order valence-electron chi connectivity index (χ0n) is 15.2. The molecule has 1 N–H and O–H groups in total. The number of alkyl halides is 3. The molecule has 1 heterocycles. The number of piperazine rings is 1. The second-order valence-corrected chi connectivity index (χ2v) is 6.92. The maximum absolute atomic E-state index is 12.2. The number of hydrogen-bond donors (Lipinski definition) is 1. The molecule has 1 aliphatic carbocycles. The molecule has 3 rings (SSSR count). The number of carbonyl (C=O) groups is 2. The van der Waals surface area contributed by atoms with Gasteiger partial charge in [0.1, 0.15) is 11.7 Å². The Morgan fingerprint density at radius 2 is 1.79 bits per heavy atom. The summed E-state index contributed by atoms with van der Waals surface area (Å²) in [7, 11) is 0. The zero-order chi connectivity index (χ0) is 21.2. The maximum Gasteiger partial charge on any atom is 0.573 e. The number of ether oxygens (including phenoxy) is 1. The minimum absolute atomic E-state index is 0.0593. The fraction of sp³-hybridized carbons (Fsp3) is 0.529. The largest absolute Gasteiger partial charge is 0.573 e. The minimum atomic E-state index is -4.78. The van der Waals surface area contributed by atoms with E-state index in [1.54, 1.807) is 4.90 Å². The fourth-order valence-electron chi connectivity index (χ4n) is 3.18. The smallest absolute Gasteiger partial charge is 0.406 e. The number of nitrogens with one attached hydrogen (secondary N) is 1. The topological polar surface area (TPSA) is 105 Å². The predicted octanol–water partition coefficient (Wildman–Crippen LogP) is 1.33. The molecule has 0 unspecified atom stereocenters. The summed E-state index contributed by atoms with van der Waals surface area (Å²) in [6.07, 6.45) is -4.50. The molecule has 158 valence electrons. The average Bonchev–Trinajstić information content (AvgIpc) is 3.43. The van der Waals surface area contributed by atoms with E-state index in [0.29, 0.717) is 31.9 Å². The Labute approximate surface area is 163 Å². The first kappa shape index (κ1) is 20.8. The molecule has 29 heavy (non-hydrogen) atoms. The van der Waals surface area contributed by atoms with Crippen LogP contribution < -0.4 is 10.1 Å². The highest BCUT2D eigenvalue weighted by Gasteiger charge is 2.54. The summed E-state index contributed by atoms with van der Waals surface area (Å²) in [5.74, 6) is -1.47. The number of anilines is 1. The van der Waals surface area contributed by atoms with Crippen molar-refractivity contribution < 1.29 is 32.4 Å². The van der Waals surface area contributed by atoms with Crippen LogP contribution in [0, 0.1) is 16.0 Å². The number of nitrogens with zero attached hydrogens (tertiary/aromatic N) is 3. The molecule has 12 heteroatoms. The van der Waals surface area contributed by atoms with Gasteiger partial charge in [-0.2, -0.15) is 0 Å². The molecule has 9 nitrogen and oxygen atoms in total. The van der Waals surface area contributed by atoms with Crippen LogP contribution in [0.1, 0.15) is 6.42 Å². The minimum Gasteiger partial charge on any atom is -0.406 e. The number of halogens is 3. The molecular weight excluding hydrogens is 397 g/mol. The third-order valence-corrected chi connectivity index (χ3v) is 4.77. The Kier molecular flexibility index (Phi) is 5.91. The van der Waals surface area contributed by atoms with Gasteiger partial charge in [-0.3, -0.25) is 24.6 Å². The summed E-state index contributed by atoms with van der Waals surface area (Å²) >= 11 is 0. The molecule has 0 aromatic heterocycles. The molecule has 1 aliphatic heterocycles. The highest BCUT2D eigenvalue weighted by atomic mass is 19.4. The van der Waals surface area contributed by atoms with Crippen molar-refractivity contribution in [3.63, 3.8) is 0 Å². The van der Waals surface area contributed by atoms with Crippen LogP contribution in [0.15, 0.2) is 24.3 Å². The first-order valence-electron chi connectivity index (χ1n) is 8.92. The lowest BCUT2D eigenvalue weighted by atomic mass is 10.2. The molecule has 1 aromatic rings. The van der Waals surface area contributed by atoms with E-state index in [-0.39, 0.29) is 30.5 Å². The van der Waals surface area contributed by atoms with E-state index in [4.69, 9.17) is 0 Å². The van der Waals surface area contributed by atoms with Gasteiger partial charge in [-0.05, 0) is 24.3 Å². The number of rotatable bonds is 6. The van der Waals surface area contributed by atoms with E-state index < -0.39 is 23.2 Å². The van der Waals surface area contributed by atoms with E-state index in [1.807, 2.05) is 4.90 Å². The van der Waals surface area contributed by atoms with Gasteiger partial charge in [-0.15, -0.1) is 13.2 Å². The molecule has 1 aromatic carbocycles. The van der Waals surface area contributed by atoms with E-state index in [1.165, 1.54) is 12.1 Å². The van der Waals surface area contributed by atoms with Gasteiger partial charge in [0.25, 0.3) is 0 Å². The Hall–Kier alpha value is -2.89. The first-order chi connectivity index (χ1) is 13.6. The monoisotopic (exact) mass is 416 g/mol. The normalized spacial score (nSPS) is 22.1. The van der Waals surface area contributed by atoms with Crippen molar-refractivity contribution in [2.45, 2.75) is 18.8 Å². The van der Waals surface area contributed by atoms with Crippen molar-refractivity contribution in [3.05, 3.63) is 34.4 Å². The molecule has 0 radical (unpaired) electrons. The fourth-order valence-corrected chi connectivity index (χ4v) is 3.18. The van der Waals surface area contributed by atoms with Gasteiger partial charge >= 0.3 is 6.36 Å². The number of hydrogen-bond acceptors (Lipinski definition) is 6. The van der Waals surface area contributed by atoms with Crippen LogP contribution in [0.25, 0.3) is 0 Å². The van der Waals surface area contributed by atoms with Gasteiger partial charge in [0.2, 0.25) is 17.9 Å². The van der Waals surface area contributed by atoms with E-state index in [2.05, 4.69) is 10.1 Å². The Balaban J connectivity index is 1.41. The first-order valence-corrected chi connectivity index (χ1v) is 8.92. The Morgan fingerprint density at radius 3 is 2.31 bits per heavy atom. The number of carbonyl (C=O) groups excluding carboxylic acids is 2. The number of nitro groups is 1. The molecule has 2 fully saturated rings. The van der Waals surface area contributed by atoms with Gasteiger partial charge in [-0.25, -0.2) is 0 Å². The van der Waals surface area contributed by atoms with Crippen LogP contribution >= 0.6 is 0 Å². The SMILES string of the molecule is O=C(CN1CCN(C(=O)[C@@H]2C[C@@H]2[N+](=O)[O-])CC1)Nc1ccc(OC(F)(F)F)cc1. The van der Waals surface area contributed by atoms with Crippen molar-refractivity contribution in [1.29, 1.82) is 0 Å². The van der Waals surface area contributed by atoms with Gasteiger partial charge in [0, 0.05) is 43.2 Å². The Bertz CT molecular complexity index is 778. The van der Waals surface area contributed by atoms with Crippen LogP contribution in [0.5, 0.6) is 5.75 Å². The zero-order valence-corrected chi connectivity index (χ0v) is 15.2. The standard InChI is InChI=1S/C17H19F3N4O5/c18-17(19,20)29-12-3-1-11(2-4-12)21-15(25)10-22-5-7-23(8-6-22)16(26)13-9-14(13)24(27)28/h1-4,13-14H,5-10H2,(H,21,25)/t13-,14+/m1/s1. The average molecular weight is 416 g/mol. The van der Waals surface area contributed by atoms with E-state index in [9.17, 15) is 32.9 Å². The molecule has 0 spiro atoms. The van der Waals surface area contributed by atoms with Gasteiger partial charge in [0.05, 0.1) is 6.54 Å². The van der Waals surface area contributed by atoms with Crippen molar-refractivity contribution in [3.8, 4) is 5.75 Å². The van der Waals surface area contributed by atoms with Crippen LogP contribution in [-0.2, 0) is 9.59 Å². The van der Waals surface area contributed by atoms with Crippen molar-refractivity contribution in [1.82, 2.24) is 9.80 Å². The summed E-state index contributed by atoms with van der Waals surface area (Å²) in [4.78, 5) is 38.0. The predicted molar refractivity (Wildman–Crippen MR) is 93.7 cm³/mol. The summed E-state index contributed by atoms with van der Waals surface area (Å²) in [6.45, 7) is 1.73. The Morgan fingerprint density at radius 1 is 1.17 bits per heavy atom. The summed E-state index contributed by atoms with van der Waals surface area (Å²) in [6, 6.07) is 4.03. The third kappa shape index (κ3) is 5.79. The van der Waals surface area contributed by atoms with Crippen molar-refractivity contribution in [2.75, 3.05) is 38.0 Å². The lowest BCUT2D eigenvalue weighted by Gasteiger charge is -2.34. The molecule has 2 aliphatic rings. The van der Waals surface area contributed by atoms with Gasteiger partial charge in [0.15, 0.2) is 0 Å². The third-order valence-electron chi connectivity index (χ3n) is 4.77.